The van der Waals surface area contributed by atoms with E-state index in [0.29, 0.717) is 23.7 Å². The number of benzene rings is 2. The summed E-state index contributed by atoms with van der Waals surface area (Å²) in [6.07, 6.45) is 1.42. The summed E-state index contributed by atoms with van der Waals surface area (Å²) < 4.78 is 42.0. The van der Waals surface area contributed by atoms with Gasteiger partial charge in [-0.25, -0.2) is 23.1 Å². The van der Waals surface area contributed by atoms with Crippen LogP contribution < -0.4 is 5.32 Å². The predicted octanol–water partition coefficient (Wildman–Crippen LogP) is 5.07. The Labute approximate surface area is 159 Å². The number of anilines is 1. The van der Waals surface area contributed by atoms with E-state index in [0.717, 1.165) is 34.3 Å². The molecule has 4 aromatic rings. The van der Waals surface area contributed by atoms with Gasteiger partial charge in [-0.15, -0.1) is 0 Å². The Hall–Kier alpha value is -3.35. The minimum Gasteiger partial charge on any atom is -0.365 e. The molecular formula is C21H17F3N4. The molecule has 4 nitrogen and oxygen atoms in total. The number of nitrogens with zero attached hydrogens (tertiary/aromatic N) is 3. The molecule has 0 aliphatic rings. The first-order valence-corrected chi connectivity index (χ1v) is 8.72. The number of aromatic nitrogens is 3. The van der Waals surface area contributed by atoms with E-state index in [1.807, 2.05) is 13.8 Å². The van der Waals surface area contributed by atoms with Crippen LogP contribution in [0.1, 0.15) is 16.8 Å². The van der Waals surface area contributed by atoms with Crippen molar-refractivity contribution in [3.8, 4) is 5.69 Å². The summed E-state index contributed by atoms with van der Waals surface area (Å²) in [7, 11) is 0. The molecule has 7 heteroatoms. The average Bonchev–Trinajstić information content (AvgIpc) is 2.95. The summed E-state index contributed by atoms with van der Waals surface area (Å²) in [6, 6.07) is 9.97. The van der Waals surface area contributed by atoms with E-state index in [-0.39, 0.29) is 5.82 Å². The molecule has 0 fully saturated rings. The van der Waals surface area contributed by atoms with Crippen molar-refractivity contribution in [3.05, 3.63) is 83.1 Å². The highest BCUT2D eigenvalue weighted by molar-refractivity contribution is 5.93. The largest absolute Gasteiger partial charge is 0.365 e. The van der Waals surface area contributed by atoms with Crippen LogP contribution in [0.15, 0.2) is 48.8 Å². The highest BCUT2D eigenvalue weighted by atomic mass is 19.2. The van der Waals surface area contributed by atoms with Gasteiger partial charge in [0.15, 0.2) is 17.3 Å². The quantitative estimate of drug-likeness (QED) is 0.536. The van der Waals surface area contributed by atoms with Crippen LogP contribution in [0.2, 0.25) is 0 Å². The highest BCUT2D eigenvalue weighted by Crippen LogP contribution is 2.31. The molecule has 0 saturated carbocycles. The lowest BCUT2D eigenvalue weighted by Crippen LogP contribution is -2.03. The zero-order chi connectivity index (χ0) is 19.8. The molecule has 0 bridgehead atoms. The van der Waals surface area contributed by atoms with Gasteiger partial charge < -0.3 is 5.32 Å². The number of fused-ring (bicyclic) bond motifs is 1. The smallest absolute Gasteiger partial charge is 0.160 e. The second-order valence-corrected chi connectivity index (χ2v) is 6.55. The lowest BCUT2D eigenvalue weighted by molar-refractivity contribution is 0.508. The molecule has 2 heterocycles. The summed E-state index contributed by atoms with van der Waals surface area (Å²) >= 11 is 0. The molecule has 4 rings (SSSR count). The zero-order valence-electron chi connectivity index (χ0n) is 15.3. The first-order valence-electron chi connectivity index (χ1n) is 8.72. The van der Waals surface area contributed by atoms with E-state index >= 15 is 0 Å². The van der Waals surface area contributed by atoms with Crippen LogP contribution in [0.25, 0.3) is 16.7 Å². The van der Waals surface area contributed by atoms with E-state index in [4.69, 9.17) is 0 Å². The van der Waals surface area contributed by atoms with Crippen molar-refractivity contribution >= 4 is 16.9 Å². The molecule has 142 valence electrons. The predicted molar refractivity (Wildman–Crippen MR) is 102 cm³/mol. The topological polar surface area (TPSA) is 42.7 Å². The third kappa shape index (κ3) is 3.09. The van der Waals surface area contributed by atoms with Crippen LogP contribution in [0.3, 0.4) is 0 Å². The second kappa shape index (κ2) is 6.99. The van der Waals surface area contributed by atoms with Gasteiger partial charge in [-0.05, 0) is 49.2 Å². The molecule has 0 saturated heterocycles. The molecule has 0 atom stereocenters. The van der Waals surface area contributed by atoms with Crippen molar-refractivity contribution < 1.29 is 13.2 Å². The van der Waals surface area contributed by atoms with E-state index in [1.165, 1.54) is 24.5 Å². The molecule has 0 aliphatic heterocycles. The first kappa shape index (κ1) is 18.0. The number of halogens is 3. The van der Waals surface area contributed by atoms with Crippen molar-refractivity contribution in [2.45, 2.75) is 20.4 Å². The summed E-state index contributed by atoms with van der Waals surface area (Å²) in [4.78, 5) is 8.70. The molecule has 0 radical (unpaired) electrons. The normalized spacial score (nSPS) is 11.2. The fourth-order valence-corrected chi connectivity index (χ4v) is 3.26. The lowest BCUT2D eigenvalue weighted by Gasteiger charge is -2.09. The molecule has 2 aromatic carbocycles. The number of hydrogen-bond acceptors (Lipinski definition) is 3. The van der Waals surface area contributed by atoms with Crippen LogP contribution in [0.4, 0.5) is 19.0 Å². The van der Waals surface area contributed by atoms with Crippen LogP contribution in [0, 0.1) is 31.3 Å². The number of aryl methyl sites for hydroxylation is 1. The van der Waals surface area contributed by atoms with Crippen LogP contribution >= 0.6 is 0 Å². The first-order chi connectivity index (χ1) is 13.5. The van der Waals surface area contributed by atoms with Crippen molar-refractivity contribution in [3.63, 3.8) is 0 Å². The fourth-order valence-electron chi connectivity index (χ4n) is 3.26. The summed E-state index contributed by atoms with van der Waals surface area (Å²) in [5.74, 6) is -1.48. The van der Waals surface area contributed by atoms with Gasteiger partial charge in [-0.1, -0.05) is 12.1 Å². The van der Waals surface area contributed by atoms with Gasteiger partial charge in [0, 0.05) is 18.3 Å². The molecule has 28 heavy (non-hydrogen) atoms. The maximum absolute atomic E-state index is 13.8. The Balaban J connectivity index is 1.77. The molecule has 0 unspecified atom stereocenters. The average molecular weight is 382 g/mol. The minimum atomic E-state index is -0.917. The number of rotatable bonds is 4. The van der Waals surface area contributed by atoms with Gasteiger partial charge in [0.2, 0.25) is 0 Å². The molecular weight excluding hydrogens is 365 g/mol. The summed E-state index contributed by atoms with van der Waals surface area (Å²) in [6.45, 7) is 4.28. The van der Waals surface area contributed by atoms with E-state index in [2.05, 4.69) is 15.3 Å². The Morgan fingerprint density at radius 2 is 1.68 bits per heavy atom. The SMILES string of the molecule is Cc1c(C)n(-c2ccc(F)c(F)c2)c2ncnc(NCc3ccc(F)cc3)c12. The monoisotopic (exact) mass is 382 g/mol. The van der Waals surface area contributed by atoms with Gasteiger partial charge in [0.25, 0.3) is 0 Å². The van der Waals surface area contributed by atoms with Crippen LogP contribution in [-0.2, 0) is 6.54 Å². The molecule has 1 N–H and O–H groups in total. The van der Waals surface area contributed by atoms with Crippen LogP contribution in [0.5, 0.6) is 0 Å². The number of nitrogens with one attached hydrogen (secondary N) is 1. The molecule has 0 spiro atoms. The third-order valence-electron chi connectivity index (χ3n) is 4.83. The Morgan fingerprint density at radius 3 is 2.39 bits per heavy atom. The van der Waals surface area contributed by atoms with E-state index in [1.54, 1.807) is 16.7 Å². The zero-order valence-corrected chi connectivity index (χ0v) is 15.3. The lowest BCUT2D eigenvalue weighted by atomic mass is 10.2. The van der Waals surface area contributed by atoms with Gasteiger partial charge >= 0.3 is 0 Å². The van der Waals surface area contributed by atoms with Gasteiger partial charge in [0.1, 0.15) is 18.0 Å². The molecule has 0 amide bonds. The van der Waals surface area contributed by atoms with E-state index < -0.39 is 11.6 Å². The highest BCUT2D eigenvalue weighted by Gasteiger charge is 2.18. The molecule has 2 aromatic heterocycles. The number of hydrogen-bond donors (Lipinski definition) is 1. The second-order valence-electron chi connectivity index (χ2n) is 6.55. The Bertz CT molecular complexity index is 1170. The Kier molecular flexibility index (Phi) is 4.50. The van der Waals surface area contributed by atoms with Gasteiger partial charge in [-0.2, -0.15) is 0 Å². The summed E-state index contributed by atoms with van der Waals surface area (Å²) in [5, 5.41) is 4.05. The van der Waals surface area contributed by atoms with Gasteiger partial charge in [0.05, 0.1) is 11.1 Å². The summed E-state index contributed by atoms with van der Waals surface area (Å²) in [5.41, 5.74) is 3.77. The van der Waals surface area contributed by atoms with E-state index in [9.17, 15) is 13.2 Å². The fraction of sp³-hybridized carbons (Fsp3) is 0.143. The minimum absolute atomic E-state index is 0.289. The van der Waals surface area contributed by atoms with Crippen molar-refractivity contribution in [1.82, 2.24) is 14.5 Å². The van der Waals surface area contributed by atoms with Crippen molar-refractivity contribution in [1.29, 1.82) is 0 Å². The Morgan fingerprint density at radius 1 is 0.929 bits per heavy atom. The standard InChI is InChI=1S/C21H17F3N4/c1-12-13(2)28(16-7-8-17(23)18(24)9-16)21-19(12)20(26-11-27-21)25-10-14-3-5-15(22)6-4-14/h3-9,11H,10H2,1-2H3,(H,25,26,27). The maximum atomic E-state index is 13.8. The molecule has 0 aliphatic carbocycles. The maximum Gasteiger partial charge on any atom is 0.160 e. The van der Waals surface area contributed by atoms with Crippen LogP contribution in [-0.4, -0.2) is 14.5 Å². The van der Waals surface area contributed by atoms with Crippen molar-refractivity contribution in [2.75, 3.05) is 5.32 Å². The van der Waals surface area contributed by atoms with Gasteiger partial charge in [-0.3, -0.25) is 4.57 Å². The van der Waals surface area contributed by atoms with Crippen molar-refractivity contribution in [2.24, 2.45) is 0 Å². The third-order valence-corrected chi connectivity index (χ3v) is 4.83.